The molecule has 37 heavy (non-hydrogen) atoms. The first-order valence-corrected chi connectivity index (χ1v) is 15.2. The maximum atomic E-state index is 12.2. The molecule has 0 saturated carbocycles. The number of carboxylic acids is 1. The predicted octanol–water partition coefficient (Wildman–Crippen LogP) is 7.00. The Bertz CT molecular complexity index is 554. The SMILES string of the molecule is CCCCCCCCCCCCCCCCCC(=O)NC(CCC(=O)CCCOCCOCC)C(=O)O. The number of carbonyl (C=O) groups is 3. The summed E-state index contributed by atoms with van der Waals surface area (Å²) in [6.07, 6.45) is 20.6. The van der Waals surface area contributed by atoms with Crippen molar-refractivity contribution < 1.29 is 29.0 Å². The highest BCUT2D eigenvalue weighted by atomic mass is 16.5. The smallest absolute Gasteiger partial charge is 0.326 e. The molecule has 0 heterocycles. The second-order valence-electron chi connectivity index (χ2n) is 10.1. The first-order chi connectivity index (χ1) is 18.0. The second kappa shape index (κ2) is 27.6. The number of unbranched alkanes of at least 4 members (excludes halogenated alkanes) is 14. The number of Topliss-reactive ketones (excluding diaryl/α,β-unsaturated/α-hetero) is 1. The van der Waals surface area contributed by atoms with Crippen molar-refractivity contribution in [2.75, 3.05) is 26.4 Å². The number of ketones is 1. The van der Waals surface area contributed by atoms with E-state index in [2.05, 4.69) is 12.2 Å². The van der Waals surface area contributed by atoms with E-state index in [0.717, 1.165) is 19.3 Å². The van der Waals surface area contributed by atoms with Crippen LogP contribution < -0.4 is 5.32 Å². The molecule has 0 aliphatic heterocycles. The lowest BCUT2D eigenvalue weighted by molar-refractivity contribution is -0.142. The highest BCUT2D eigenvalue weighted by molar-refractivity contribution is 5.84. The lowest BCUT2D eigenvalue weighted by Gasteiger charge is -2.14. The number of carbonyl (C=O) groups excluding carboxylic acids is 2. The number of aliphatic carboxylic acids is 1. The van der Waals surface area contributed by atoms with Crippen LogP contribution in [0.15, 0.2) is 0 Å². The van der Waals surface area contributed by atoms with Gasteiger partial charge in [0.1, 0.15) is 11.8 Å². The third kappa shape index (κ3) is 25.9. The Morgan fingerprint density at radius 3 is 1.65 bits per heavy atom. The molecule has 2 N–H and O–H groups in total. The summed E-state index contributed by atoms with van der Waals surface area (Å²) in [4.78, 5) is 35.7. The van der Waals surface area contributed by atoms with Gasteiger partial charge < -0.3 is 19.9 Å². The maximum absolute atomic E-state index is 12.2. The quantitative estimate of drug-likeness (QED) is 0.102. The van der Waals surface area contributed by atoms with Gasteiger partial charge in [-0.3, -0.25) is 9.59 Å². The third-order valence-electron chi connectivity index (χ3n) is 6.67. The number of nitrogens with one attached hydrogen (secondary N) is 1. The van der Waals surface area contributed by atoms with Crippen LogP contribution >= 0.6 is 0 Å². The number of rotatable bonds is 29. The molecular weight excluding hydrogens is 470 g/mol. The Morgan fingerprint density at radius 2 is 1.14 bits per heavy atom. The highest BCUT2D eigenvalue weighted by Crippen LogP contribution is 2.14. The van der Waals surface area contributed by atoms with Crippen molar-refractivity contribution in [1.29, 1.82) is 0 Å². The van der Waals surface area contributed by atoms with Gasteiger partial charge in [0.05, 0.1) is 13.2 Å². The fraction of sp³-hybridized carbons (Fsp3) is 0.900. The van der Waals surface area contributed by atoms with Crippen LogP contribution in [0.5, 0.6) is 0 Å². The van der Waals surface area contributed by atoms with E-state index in [1.807, 2.05) is 6.92 Å². The molecule has 7 heteroatoms. The van der Waals surface area contributed by atoms with E-state index >= 15 is 0 Å². The molecule has 0 aliphatic carbocycles. The van der Waals surface area contributed by atoms with Gasteiger partial charge in [0, 0.05) is 32.5 Å². The zero-order chi connectivity index (χ0) is 27.4. The minimum absolute atomic E-state index is 0.00341. The Labute approximate surface area is 226 Å². The van der Waals surface area contributed by atoms with Gasteiger partial charge in [-0.05, 0) is 26.2 Å². The summed E-state index contributed by atoms with van der Waals surface area (Å²) >= 11 is 0. The summed E-state index contributed by atoms with van der Waals surface area (Å²) in [5, 5.41) is 12.0. The average Bonchev–Trinajstić information content (AvgIpc) is 2.88. The van der Waals surface area contributed by atoms with E-state index < -0.39 is 12.0 Å². The molecule has 7 nitrogen and oxygen atoms in total. The number of hydrogen-bond donors (Lipinski definition) is 2. The predicted molar refractivity (Wildman–Crippen MR) is 150 cm³/mol. The molecule has 0 fully saturated rings. The van der Waals surface area contributed by atoms with Crippen LogP contribution in [0.1, 0.15) is 142 Å². The molecule has 0 aromatic rings. The Hall–Kier alpha value is -1.47. The Morgan fingerprint density at radius 1 is 0.622 bits per heavy atom. The van der Waals surface area contributed by atoms with Crippen molar-refractivity contribution in [1.82, 2.24) is 5.32 Å². The van der Waals surface area contributed by atoms with E-state index in [-0.39, 0.29) is 24.5 Å². The largest absolute Gasteiger partial charge is 0.480 e. The van der Waals surface area contributed by atoms with Gasteiger partial charge in [-0.1, -0.05) is 96.8 Å². The average molecular weight is 528 g/mol. The van der Waals surface area contributed by atoms with Gasteiger partial charge >= 0.3 is 5.97 Å². The minimum atomic E-state index is -1.09. The molecule has 1 atom stereocenters. The maximum Gasteiger partial charge on any atom is 0.326 e. The van der Waals surface area contributed by atoms with E-state index in [9.17, 15) is 19.5 Å². The Balaban J connectivity index is 3.66. The molecule has 0 aliphatic rings. The van der Waals surface area contributed by atoms with Crippen molar-refractivity contribution in [2.45, 2.75) is 148 Å². The molecule has 218 valence electrons. The topological polar surface area (TPSA) is 102 Å². The second-order valence-corrected chi connectivity index (χ2v) is 10.1. The van der Waals surface area contributed by atoms with Gasteiger partial charge in [-0.15, -0.1) is 0 Å². The molecule has 0 radical (unpaired) electrons. The third-order valence-corrected chi connectivity index (χ3v) is 6.67. The van der Waals surface area contributed by atoms with E-state index in [1.54, 1.807) is 0 Å². The molecular formula is C30H57NO6. The van der Waals surface area contributed by atoms with Gasteiger partial charge in [0.25, 0.3) is 0 Å². The van der Waals surface area contributed by atoms with E-state index in [1.165, 1.54) is 77.0 Å². The molecule has 0 rings (SSSR count). The Kier molecular flexibility index (Phi) is 26.5. The van der Waals surface area contributed by atoms with Crippen LogP contribution in [0.4, 0.5) is 0 Å². The van der Waals surface area contributed by atoms with Crippen LogP contribution in [-0.4, -0.2) is 55.2 Å². The monoisotopic (exact) mass is 527 g/mol. The van der Waals surface area contributed by atoms with Crippen molar-refractivity contribution in [3.63, 3.8) is 0 Å². The lowest BCUT2D eigenvalue weighted by atomic mass is 10.0. The number of carboxylic acid groups (broad SMARTS) is 1. The fourth-order valence-corrected chi connectivity index (χ4v) is 4.35. The summed E-state index contributed by atoms with van der Waals surface area (Å²) in [5.41, 5.74) is 0. The number of amides is 1. The first kappa shape index (κ1) is 35.5. The van der Waals surface area contributed by atoms with Gasteiger partial charge in [-0.25, -0.2) is 4.79 Å². The zero-order valence-electron chi connectivity index (χ0n) is 24.0. The zero-order valence-corrected chi connectivity index (χ0v) is 24.0. The van der Waals surface area contributed by atoms with Gasteiger partial charge in [-0.2, -0.15) is 0 Å². The van der Waals surface area contributed by atoms with Crippen LogP contribution in [-0.2, 0) is 23.9 Å². The van der Waals surface area contributed by atoms with Crippen molar-refractivity contribution in [3.8, 4) is 0 Å². The fourth-order valence-electron chi connectivity index (χ4n) is 4.35. The van der Waals surface area contributed by atoms with Crippen LogP contribution in [0.2, 0.25) is 0 Å². The van der Waals surface area contributed by atoms with Crippen molar-refractivity contribution >= 4 is 17.7 Å². The summed E-state index contributed by atoms with van der Waals surface area (Å²) < 4.78 is 10.6. The van der Waals surface area contributed by atoms with Crippen molar-refractivity contribution in [2.24, 2.45) is 0 Å². The highest BCUT2D eigenvalue weighted by Gasteiger charge is 2.20. The van der Waals surface area contributed by atoms with Crippen LogP contribution in [0.3, 0.4) is 0 Å². The van der Waals surface area contributed by atoms with Crippen LogP contribution in [0, 0.1) is 0 Å². The van der Waals surface area contributed by atoms with Crippen LogP contribution in [0.25, 0.3) is 0 Å². The number of hydrogen-bond acceptors (Lipinski definition) is 5. The molecule has 0 bridgehead atoms. The number of ether oxygens (including phenoxy) is 2. The lowest BCUT2D eigenvalue weighted by Crippen LogP contribution is -2.41. The minimum Gasteiger partial charge on any atom is -0.480 e. The van der Waals surface area contributed by atoms with Gasteiger partial charge in [0.15, 0.2) is 0 Å². The first-order valence-electron chi connectivity index (χ1n) is 15.2. The molecule has 0 aromatic carbocycles. The molecule has 0 saturated heterocycles. The van der Waals surface area contributed by atoms with Crippen molar-refractivity contribution in [3.05, 3.63) is 0 Å². The summed E-state index contributed by atoms with van der Waals surface area (Å²) in [5.74, 6) is -1.33. The molecule has 0 spiro atoms. The summed E-state index contributed by atoms with van der Waals surface area (Å²) in [7, 11) is 0. The van der Waals surface area contributed by atoms with E-state index in [4.69, 9.17) is 9.47 Å². The summed E-state index contributed by atoms with van der Waals surface area (Å²) in [6.45, 7) is 6.37. The van der Waals surface area contributed by atoms with Gasteiger partial charge in [0.2, 0.25) is 5.91 Å². The standard InChI is InChI=1S/C30H57NO6/c1-3-5-6-7-8-9-10-11-12-13-14-15-16-17-18-21-29(33)31-28(30(34)35)23-22-27(32)20-19-24-37-26-25-36-4-2/h28H,3-26H2,1-2H3,(H,31,33)(H,34,35). The van der Waals surface area contributed by atoms with E-state index in [0.29, 0.717) is 45.7 Å². The molecule has 0 aromatic heterocycles. The summed E-state index contributed by atoms with van der Waals surface area (Å²) in [6, 6.07) is -1.00. The molecule has 1 amide bonds. The molecule has 1 unspecified atom stereocenters. The normalized spacial score (nSPS) is 11.9.